The molecule has 1 aromatic carbocycles. The predicted octanol–water partition coefficient (Wildman–Crippen LogP) is -0.0197. The number of carboxylic acids is 1. The molecule has 1 unspecified atom stereocenters. The van der Waals surface area contributed by atoms with Crippen LogP contribution in [0.3, 0.4) is 0 Å². The molecule has 0 aliphatic heterocycles. The Balaban J connectivity index is 2.97. The maximum Gasteiger partial charge on any atom is 0.328 e. The van der Waals surface area contributed by atoms with Gasteiger partial charge in [0, 0.05) is 19.2 Å². The van der Waals surface area contributed by atoms with Gasteiger partial charge in [-0.15, -0.1) is 6.58 Å². The molecule has 9 heteroatoms. The van der Waals surface area contributed by atoms with Gasteiger partial charge in [-0.25, -0.2) is 17.9 Å². The molecule has 3 N–H and O–H groups in total. The summed E-state index contributed by atoms with van der Waals surface area (Å²) in [5.74, 6) is -1.97. The van der Waals surface area contributed by atoms with Crippen LogP contribution in [0.1, 0.15) is 10.4 Å². The van der Waals surface area contributed by atoms with Gasteiger partial charge in [0.1, 0.15) is 0 Å². The van der Waals surface area contributed by atoms with Crippen molar-refractivity contribution < 1.29 is 27.9 Å². The smallest absolute Gasteiger partial charge is 0.328 e. The molecule has 1 rings (SSSR count). The van der Waals surface area contributed by atoms with Gasteiger partial charge in [-0.1, -0.05) is 12.1 Å². The van der Waals surface area contributed by atoms with Gasteiger partial charge in [-0.3, -0.25) is 4.79 Å². The summed E-state index contributed by atoms with van der Waals surface area (Å²) in [7, 11) is -2.47. The molecule has 8 nitrogen and oxygen atoms in total. The third-order valence-corrected chi connectivity index (χ3v) is 4.18. The minimum absolute atomic E-state index is 0.0221. The Kier molecular flexibility index (Phi) is 6.89. The van der Waals surface area contributed by atoms with E-state index >= 15 is 0 Å². The van der Waals surface area contributed by atoms with Gasteiger partial charge in [0.15, 0.2) is 6.04 Å². The van der Waals surface area contributed by atoms with E-state index in [2.05, 4.69) is 16.6 Å². The van der Waals surface area contributed by atoms with Crippen LogP contribution in [0.15, 0.2) is 41.8 Å². The molecular formula is C14H18N2O6S. The Morgan fingerprint density at radius 3 is 2.70 bits per heavy atom. The molecule has 0 radical (unpaired) electrons. The average Bonchev–Trinajstić information content (AvgIpc) is 2.52. The van der Waals surface area contributed by atoms with Crippen LogP contribution in [-0.4, -0.2) is 51.7 Å². The number of ether oxygens (including phenoxy) is 1. The standard InChI is InChI=1S/C14H18N2O6S/c1-3-7-15-23(20,21)11-6-4-5-10(8-11)13(17)16-12(9-22-2)14(18)19/h3-6,8,12,15H,1,7,9H2,2H3,(H,16,17)(H,18,19). The van der Waals surface area contributed by atoms with Crippen LogP contribution in [0.5, 0.6) is 0 Å². The summed E-state index contributed by atoms with van der Waals surface area (Å²) in [5.41, 5.74) is 0.0221. The maximum absolute atomic E-state index is 12.1. The van der Waals surface area contributed by atoms with E-state index in [0.717, 1.165) is 6.07 Å². The number of rotatable bonds is 9. The fourth-order valence-corrected chi connectivity index (χ4v) is 2.68. The zero-order valence-electron chi connectivity index (χ0n) is 12.5. The summed E-state index contributed by atoms with van der Waals surface area (Å²) in [6, 6.07) is 4.03. The Morgan fingerprint density at radius 1 is 1.43 bits per heavy atom. The number of sulfonamides is 1. The number of amides is 1. The molecule has 0 heterocycles. The fraction of sp³-hybridized carbons (Fsp3) is 0.286. The third kappa shape index (κ3) is 5.47. The van der Waals surface area contributed by atoms with E-state index in [4.69, 9.17) is 9.84 Å². The Morgan fingerprint density at radius 2 is 2.13 bits per heavy atom. The maximum atomic E-state index is 12.1. The molecule has 126 valence electrons. The van der Waals surface area contributed by atoms with Crippen molar-refractivity contribution >= 4 is 21.9 Å². The monoisotopic (exact) mass is 342 g/mol. The molecule has 0 fully saturated rings. The van der Waals surface area contributed by atoms with Crippen LogP contribution >= 0.6 is 0 Å². The summed E-state index contributed by atoms with van der Waals surface area (Å²) in [4.78, 5) is 23.0. The highest BCUT2D eigenvalue weighted by Crippen LogP contribution is 2.11. The number of aliphatic carboxylic acids is 1. The molecule has 0 saturated heterocycles. The van der Waals surface area contributed by atoms with Crippen LogP contribution in [0.2, 0.25) is 0 Å². The highest BCUT2D eigenvalue weighted by molar-refractivity contribution is 7.89. The second-order valence-corrected chi connectivity index (χ2v) is 6.25. The quantitative estimate of drug-likeness (QED) is 0.542. The normalized spacial score (nSPS) is 12.4. The van der Waals surface area contributed by atoms with Crippen molar-refractivity contribution in [3.05, 3.63) is 42.5 Å². The number of carboxylic acid groups (broad SMARTS) is 1. The van der Waals surface area contributed by atoms with Crippen LogP contribution in [0.4, 0.5) is 0 Å². The van der Waals surface area contributed by atoms with E-state index in [0.29, 0.717) is 0 Å². The lowest BCUT2D eigenvalue weighted by Gasteiger charge is -2.14. The van der Waals surface area contributed by atoms with E-state index in [1.165, 1.54) is 31.4 Å². The molecule has 1 aromatic rings. The lowest BCUT2D eigenvalue weighted by Crippen LogP contribution is -2.43. The Labute approximate surface area is 134 Å². The van der Waals surface area contributed by atoms with E-state index in [1.54, 1.807) is 0 Å². The summed E-state index contributed by atoms with van der Waals surface area (Å²) in [6.45, 7) is 3.25. The van der Waals surface area contributed by atoms with Gasteiger partial charge in [0.2, 0.25) is 10.0 Å². The van der Waals surface area contributed by atoms with Crippen LogP contribution < -0.4 is 10.0 Å². The highest BCUT2D eigenvalue weighted by Gasteiger charge is 2.21. The molecule has 23 heavy (non-hydrogen) atoms. The molecule has 0 aliphatic rings. The number of nitrogens with one attached hydrogen (secondary N) is 2. The van der Waals surface area contributed by atoms with Gasteiger partial charge < -0.3 is 15.2 Å². The van der Waals surface area contributed by atoms with Crippen molar-refractivity contribution in [3.63, 3.8) is 0 Å². The molecule has 0 aromatic heterocycles. The summed E-state index contributed by atoms with van der Waals surface area (Å²) >= 11 is 0. The molecule has 1 amide bonds. The number of benzene rings is 1. The molecule has 0 saturated carbocycles. The Hall–Kier alpha value is -2.23. The first-order valence-corrected chi connectivity index (χ1v) is 8.03. The predicted molar refractivity (Wildman–Crippen MR) is 82.6 cm³/mol. The van der Waals surface area contributed by atoms with Gasteiger partial charge in [0.25, 0.3) is 5.91 Å². The second kappa shape index (κ2) is 8.42. The van der Waals surface area contributed by atoms with Crippen molar-refractivity contribution in [2.24, 2.45) is 0 Å². The summed E-state index contributed by atoms with van der Waals surface area (Å²) in [6.07, 6.45) is 1.39. The van der Waals surface area contributed by atoms with Crippen molar-refractivity contribution in [2.45, 2.75) is 10.9 Å². The number of hydrogen-bond acceptors (Lipinski definition) is 5. The summed E-state index contributed by atoms with van der Waals surface area (Å²) in [5, 5.41) is 11.2. The van der Waals surface area contributed by atoms with Crippen LogP contribution in [0.25, 0.3) is 0 Å². The Bertz CT molecular complexity index is 686. The lowest BCUT2D eigenvalue weighted by atomic mass is 10.2. The molecule has 0 bridgehead atoms. The number of hydrogen-bond donors (Lipinski definition) is 3. The van der Waals surface area contributed by atoms with Crippen molar-refractivity contribution in [1.82, 2.24) is 10.0 Å². The van der Waals surface area contributed by atoms with Crippen LogP contribution in [-0.2, 0) is 19.6 Å². The van der Waals surface area contributed by atoms with Crippen molar-refractivity contribution in [2.75, 3.05) is 20.3 Å². The van der Waals surface area contributed by atoms with E-state index in [1.807, 2.05) is 0 Å². The van der Waals surface area contributed by atoms with Gasteiger partial charge in [-0.2, -0.15) is 0 Å². The lowest BCUT2D eigenvalue weighted by molar-refractivity contribution is -0.140. The first-order valence-electron chi connectivity index (χ1n) is 6.55. The van der Waals surface area contributed by atoms with Gasteiger partial charge in [0.05, 0.1) is 11.5 Å². The summed E-state index contributed by atoms with van der Waals surface area (Å²) < 4.78 is 31.0. The van der Waals surface area contributed by atoms with E-state index in [-0.39, 0.29) is 23.6 Å². The molecule has 0 spiro atoms. The molecular weight excluding hydrogens is 324 g/mol. The number of methoxy groups -OCH3 is 1. The number of carbonyl (C=O) groups is 2. The molecule has 1 atom stereocenters. The minimum Gasteiger partial charge on any atom is -0.480 e. The zero-order valence-corrected chi connectivity index (χ0v) is 13.3. The fourth-order valence-electron chi connectivity index (χ4n) is 1.64. The van der Waals surface area contributed by atoms with E-state index < -0.39 is 27.9 Å². The van der Waals surface area contributed by atoms with Crippen LogP contribution in [0, 0.1) is 0 Å². The SMILES string of the molecule is C=CCNS(=O)(=O)c1cccc(C(=O)NC(COC)C(=O)O)c1. The second-order valence-electron chi connectivity index (χ2n) is 4.49. The largest absolute Gasteiger partial charge is 0.480 e. The average molecular weight is 342 g/mol. The minimum atomic E-state index is -3.78. The third-order valence-electron chi connectivity index (χ3n) is 2.76. The van der Waals surface area contributed by atoms with E-state index in [9.17, 15) is 18.0 Å². The highest BCUT2D eigenvalue weighted by atomic mass is 32.2. The zero-order chi connectivity index (χ0) is 17.5. The van der Waals surface area contributed by atoms with Crippen molar-refractivity contribution in [3.8, 4) is 0 Å². The van der Waals surface area contributed by atoms with Crippen molar-refractivity contribution in [1.29, 1.82) is 0 Å². The van der Waals surface area contributed by atoms with Gasteiger partial charge in [-0.05, 0) is 18.2 Å². The first-order chi connectivity index (χ1) is 10.8. The first kappa shape index (κ1) is 18.8. The number of carbonyl (C=O) groups excluding carboxylic acids is 1. The molecule has 0 aliphatic carbocycles. The topological polar surface area (TPSA) is 122 Å². The van der Waals surface area contributed by atoms with Gasteiger partial charge >= 0.3 is 5.97 Å².